The molecule has 32 heavy (non-hydrogen) atoms. The molecule has 0 radical (unpaired) electrons. The van der Waals surface area contributed by atoms with Crippen LogP contribution in [0.25, 0.3) is 0 Å². The number of aryl methyl sites for hydroxylation is 3. The molecule has 1 unspecified atom stereocenters. The zero-order chi connectivity index (χ0) is 24.4. The molecule has 172 valence electrons. The first-order valence-corrected chi connectivity index (χ1v) is 9.65. The maximum absolute atomic E-state index is 12.3. The van der Waals surface area contributed by atoms with Crippen LogP contribution in [0.3, 0.4) is 0 Å². The lowest BCUT2D eigenvalue weighted by Crippen LogP contribution is -2.37. The van der Waals surface area contributed by atoms with E-state index in [1.807, 2.05) is 50.2 Å². The summed E-state index contributed by atoms with van der Waals surface area (Å²) in [6.07, 6.45) is 1.12. The Morgan fingerprint density at radius 1 is 1.06 bits per heavy atom. The fraction of sp³-hybridized carbons (Fsp3) is 0.318. The zero-order valence-electron chi connectivity index (χ0n) is 18.7. The number of hydrogen-bond acceptors (Lipinski definition) is 6. The second kappa shape index (κ2) is 12.2. The average molecular weight is 444 g/mol. The number of aromatic nitrogens is 2. The van der Waals surface area contributed by atoms with Crippen LogP contribution in [0.15, 0.2) is 41.2 Å². The maximum Gasteiger partial charge on any atom is 0.328 e. The third kappa shape index (κ3) is 8.52. The van der Waals surface area contributed by atoms with Crippen molar-refractivity contribution in [3.63, 3.8) is 0 Å². The molecule has 0 aliphatic carbocycles. The van der Waals surface area contributed by atoms with Gasteiger partial charge in [0, 0.05) is 24.4 Å². The Morgan fingerprint density at radius 3 is 2.06 bits per heavy atom. The van der Waals surface area contributed by atoms with Gasteiger partial charge in [-0.2, -0.15) is 0 Å². The SMILES string of the molecule is Cc1ccc(C(CNC(=O)c2nc(C)c(C)[nH]c2=O)N(C)C)cc1.O=C(O)/C=C/C(=O)O. The normalized spacial score (nSPS) is 11.6. The number of carbonyl (C=O) groups is 3. The van der Waals surface area contributed by atoms with Crippen LogP contribution in [0.2, 0.25) is 0 Å². The van der Waals surface area contributed by atoms with E-state index in [0.717, 1.165) is 5.56 Å². The summed E-state index contributed by atoms with van der Waals surface area (Å²) in [6, 6.07) is 8.20. The monoisotopic (exact) mass is 444 g/mol. The minimum Gasteiger partial charge on any atom is -0.478 e. The highest BCUT2D eigenvalue weighted by molar-refractivity contribution is 5.92. The summed E-state index contributed by atoms with van der Waals surface area (Å²) in [5, 5.41) is 18.4. The summed E-state index contributed by atoms with van der Waals surface area (Å²) in [4.78, 5) is 52.2. The number of nitrogens with zero attached hydrogens (tertiary/aromatic N) is 2. The van der Waals surface area contributed by atoms with E-state index in [1.54, 1.807) is 13.8 Å². The highest BCUT2D eigenvalue weighted by atomic mass is 16.4. The van der Waals surface area contributed by atoms with Crippen LogP contribution in [0, 0.1) is 20.8 Å². The predicted molar refractivity (Wildman–Crippen MR) is 119 cm³/mol. The van der Waals surface area contributed by atoms with E-state index >= 15 is 0 Å². The summed E-state index contributed by atoms with van der Waals surface area (Å²) in [5.74, 6) is -2.97. The number of carbonyl (C=O) groups excluding carboxylic acids is 1. The molecule has 2 rings (SSSR count). The summed E-state index contributed by atoms with van der Waals surface area (Å²) in [6.45, 7) is 5.94. The zero-order valence-corrected chi connectivity index (χ0v) is 18.7. The van der Waals surface area contributed by atoms with Crippen molar-refractivity contribution in [1.29, 1.82) is 0 Å². The lowest BCUT2D eigenvalue weighted by Gasteiger charge is -2.25. The van der Waals surface area contributed by atoms with Crippen molar-refractivity contribution < 1.29 is 24.6 Å². The van der Waals surface area contributed by atoms with Crippen molar-refractivity contribution in [2.75, 3.05) is 20.6 Å². The molecule has 0 bridgehead atoms. The van der Waals surface area contributed by atoms with Crippen molar-refractivity contribution in [1.82, 2.24) is 20.2 Å². The van der Waals surface area contributed by atoms with Gasteiger partial charge in [0.1, 0.15) is 0 Å². The molecule has 0 fully saturated rings. The van der Waals surface area contributed by atoms with E-state index < -0.39 is 23.4 Å². The van der Waals surface area contributed by atoms with Crippen molar-refractivity contribution >= 4 is 17.8 Å². The van der Waals surface area contributed by atoms with Gasteiger partial charge in [0.05, 0.1) is 11.7 Å². The number of amides is 1. The predicted octanol–water partition coefficient (Wildman–Crippen LogP) is 1.44. The molecule has 1 heterocycles. The molecule has 1 amide bonds. The van der Waals surface area contributed by atoms with Gasteiger partial charge in [-0.15, -0.1) is 0 Å². The molecule has 0 spiro atoms. The Bertz CT molecular complexity index is 1030. The standard InChI is InChI=1S/C18H24N4O2.C4H4O4/c1-11-6-8-14(9-7-11)15(22(4)5)10-19-17(23)16-18(24)21-13(3)12(2)20-16;5-3(6)1-2-4(7)8/h6-9,15H,10H2,1-5H3,(H,19,23)(H,21,24);1-2H,(H,5,6)(H,7,8)/b;2-1+. The van der Waals surface area contributed by atoms with Crippen LogP contribution >= 0.6 is 0 Å². The Morgan fingerprint density at radius 2 is 1.59 bits per heavy atom. The number of H-pyrrole nitrogens is 1. The molecular formula is C22H28N4O6. The number of carboxylic acid groups (broad SMARTS) is 2. The molecule has 1 aromatic carbocycles. The van der Waals surface area contributed by atoms with Gasteiger partial charge < -0.3 is 25.4 Å². The van der Waals surface area contributed by atoms with Gasteiger partial charge in [-0.05, 0) is 40.4 Å². The largest absolute Gasteiger partial charge is 0.478 e. The van der Waals surface area contributed by atoms with Crippen molar-refractivity contribution in [2.24, 2.45) is 0 Å². The minimum absolute atomic E-state index is 0.0141. The molecule has 10 heteroatoms. The van der Waals surface area contributed by atoms with Crippen LogP contribution in [0.5, 0.6) is 0 Å². The number of hydrogen-bond donors (Lipinski definition) is 4. The first-order chi connectivity index (χ1) is 14.9. The number of nitrogens with one attached hydrogen (secondary N) is 2. The number of benzene rings is 1. The summed E-state index contributed by atoms with van der Waals surface area (Å²) in [5.41, 5.74) is 3.04. The molecule has 2 aromatic rings. The first kappa shape index (κ1) is 26.2. The molecule has 0 aliphatic rings. The quantitative estimate of drug-likeness (QED) is 0.468. The third-order valence-electron chi connectivity index (χ3n) is 4.46. The summed E-state index contributed by atoms with van der Waals surface area (Å²) < 4.78 is 0. The number of aliphatic carboxylic acids is 2. The van der Waals surface area contributed by atoms with Gasteiger partial charge in [0.2, 0.25) is 0 Å². The van der Waals surface area contributed by atoms with E-state index in [2.05, 4.69) is 15.3 Å². The number of rotatable bonds is 7. The minimum atomic E-state index is -1.26. The van der Waals surface area contributed by atoms with Gasteiger partial charge in [0.15, 0.2) is 5.69 Å². The molecule has 0 aliphatic heterocycles. The van der Waals surface area contributed by atoms with E-state index in [0.29, 0.717) is 30.1 Å². The van der Waals surface area contributed by atoms with Crippen LogP contribution in [-0.4, -0.2) is 63.6 Å². The van der Waals surface area contributed by atoms with Gasteiger partial charge >= 0.3 is 11.9 Å². The highest BCUT2D eigenvalue weighted by Gasteiger charge is 2.18. The third-order valence-corrected chi connectivity index (χ3v) is 4.46. The van der Waals surface area contributed by atoms with E-state index in [9.17, 15) is 19.2 Å². The highest BCUT2D eigenvalue weighted by Crippen LogP contribution is 2.18. The molecule has 4 N–H and O–H groups in total. The van der Waals surface area contributed by atoms with Crippen LogP contribution in [-0.2, 0) is 9.59 Å². The lowest BCUT2D eigenvalue weighted by molar-refractivity contribution is -0.134. The van der Waals surface area contributed by atoms with Crippen molar-refractivity contribution in [2.45, 2.75) is 26.8 Å². The smallest absolute Gasteiger partial charge is 0.328 e. The maximum atomic E-state index is 12.3. The van der Waals surface area contributed by atoms with Gasteiger partial charge in [0.25, 0.3) is 11.5 Å². The summed E-state index contributed by atoms with van der Waals surface area (Å²) in [7, 11) is 3.91. The Balaban J connectivity index is 0.000000547. The fourth-order valence-electron chi connectivity index (χ4n) is 2.58. The molecule has 1 aromatic heterocycles. The second-order valence-electron chi connectivity index (χ2n) is 7.23. The van der Waals surface area contributed by atoms with E-state index in [-0.39, 0.29) is 11.7 Å². The average Bonchev–Trinajstić information content (AvgIpc) is 2.70. The van der Waals surface area contributed by atoms with Crippen molar-refractivity contribution in [3.8, 4) is 0 Å². The first-order valence-electron chi connectivity index (χ1n) is 9.65. The molecule has 1 atom stereocenters. The van der Waals surface area contributed by atoms with Crippen LogP contribution in [0.4, 0.5) is 0 Å². The van der Waals surface area contributed by atoms with Crippen LogP contribution < -0.4 is 10.9 Å². The Hall–Kier alpha value is -3.79. The Kier molecular flexibility index (Phi) is 9.97. The topological polar surface area (TPSA) is 153 Å². The molecule has 0 saturated heterocycles. The molecule has 0 saturated carbocycles. The van der Waals surface area contributed by atoms with Gasteiger partial charge in [-0.1, -0.05) is 29.8 Å². The van der Waals surface area contributed by atoms with Gasteiger partial charge in [-0.25, -0.2) is 14.6 Å². The number of carboxylic acids is 2. The molecular weight excluding hydrogens is 416 g/mol. The number of aromatic amines is 1. The second-order valence-corrected chi connectivity index (χ2v) is 7.23. The number of likely N-dealkylation sites (N-methyl/N-ethyl adjacent to an activating group) is 1. The Labute approximate surface area is 185 Å². The fourth-order valence-corrected chi connectivity index (χ4v) is 2.58. The molecule has 10 nitrogen and oxygen atoms in total. The lowest BCUT2D eigenvalue weighted by atomic mass is 10.0. The van der Waals surface area contributed by atoms with E-state index in [4.69, 9.17) is 10.2 Å². The van der Waals surface area contributed by atoms with Crippen molar-refractivity contribution in [3.05, 3.63) is 75.0 Å². The summed E-state index contributed by atoms with van der Waals surface area (Å²) >= 11 is 0. The van der Waals surface area contributed by atoms with Gasteiger partial charge in [-0.3, -0.25) is 9.59 Å². The van der Waals surface area contributed by atoms with E-state index in [1.165, 1.54) is 5.56 Å². The van der Waals surface area contributed by atoms with Crippen LogP contribution in [0.1, 0.15) is 39.0 Å².